The summed E-state index contributed by atoms with van der Waals surface area (Å²) in [5, 5.41) is 35.8. The summed E-state index contributed by atoms with van der Waals surface area (Å²) in [4.78, 5) is 0. The molecule has 0 amide bonds. The Morgan fingerprint density at radius 3 is 2.08 bits per heavy atom. The van der Waals surface area contributed by atoms with Gasteiger partial charge in [0.25, 0.3) is 0 Å². The maximum Gasteiger partial charge on any atom is 0.108 e. The van der Waals surface area contributed by atoms with Crippen LogP contribution in [-0.4, -0.2) is 45.3 Å². The molecule has 0 fully saturated rings. The number of aliphatic hydroxyl groups is 4. The molecule has 0 aliphatic rings. The van der Waals surface area contributed by atoms with E-state index in [1.807, 2.05) is 6.92 Å². The molecule has 0 saturated heterocycles. The zero-order chi connectivity index (χ0) is 9.56. The zero-order valence-electron chi connectivity index (χ0n) is 7.35. The van der Waals surface area contributed by atoms with Gasteiger partial charge in [0.2, 0.25) is 0 Å². The van der Waals surface area contributed by atoms with Gasteiger partial charge in [0.15, 0.2) is 0 Å². The van der Waals surface area contributed by atoms with E-state index in [0.717, 1.165) is 12.8 Å². The van der Waals surface area contributed by atoms with Crippen molar-refractivity contribution in [3.8, 4) is 0 Å². The Balaban J connectivity index is 3.67. The van der Waals surface area contributed by atoms with Crippen molar-refractivity contribution >= 4 is 0 Å². The maximum atomic E-state index is 9.23. The average molecular weight is 178 g/mol. The van der Waals surface area contributed by atoms with E-state index in [0.29, 0.717) is 6.42 Å². The van der Waals surface area contributed by atoms with Crippen molar-refractivity contribution in [2.45, 2.75) is 44.5 Å². The Hall–Kier alpha value is -0.160. The molecule has 4 heteroatoms. The number of rotatable bonds is 6. The van der Waals surface area contributed by atoms with Crippen LogP contribution in [-0.2, 0) is 0 Å². The lowest BCUT2D eigenvalue weighted by Gasteiger charge is -2.20. The zero-order valence-corrected chi connectivity index (χ0v) is 7.35. The molecule has 0 rings (SSSR count). The van der Waals surface area contributed by atoms with Crippen LogP contribution in [0.15, 0.2) is 0 Å². The van der Waals surface area contributed by atoms with Gasteiger partial charge in [-0.1, -0.05) is 19.8 Å². The van der Waals surface area contributed by atoms with Crippen molar-refractivity contribution in [3.05, 3.63) is 0 Å². The monoisotopic (exact) mass is 178 g/mol. The van der Waals surface area contributed by atoms with Crippen LogP contribution in [0.3, 0.4) is 0 Å². The van der Waals surface area contributed by atoms with Crippen molar-refractivity contribution in [2.75, 3.05) is 6.61 Å². The van der Waals surface area contributed by atoms with Crippen molar-refractivity contribution in [1.29, 1.82) is 0 Å². The van der Waals surface area contributed by atoms with Crippen LogP contribution in [0.2, 0.25) is 0 Å². The fourth-order valence-corrected chi connectivity index (χ4v) is 0.948. The van der Waals surface area contributed by atoms with Gasteiger partial charge in [-0.3, -0.25) is 0 Å². The highest BCUT2D eigenvalue weighted by Gasteiger charge is 2.22. The first-order valence-corrected chi connectivity index (χ1v) is 4.28. The van der Waals surface area contributed by atoms with Crippen molar-refractivity contribution < 1.29 is 20.4 Å². The van der Waals surface area contributed by atoms with Gasteiger partial charge in [-0.05, 0) is 6.42 Å². The van der Waals surface area contributed by atoms with Gasteiger partial charge in [0.1, 0.15) is 12.2 Å². The standard InChI is InChI=1S/C8H18O4/c1-2-3-4-6(10)8(12)7(11)5-9/h6-12H,2-5H2,1H3/t6-,7+,8-/m0/s1. The van der Waals surface area contributed by atoms with Gasteiger partial charge >= 0.3 is 0 Å². The van der Waals surface area contributed by atoms with Crippen LogP contribution < -0.4 is 0 Å². The van der Waals surface area contributed by atoms with Crippen LogP contribution in [0.1, 0.15) is 26.2 Å². The molecule has 12 heavy (non-hydrogen) atoms. The average Bonchev–Trinajstić information content (AvgIpc) is 2.11. The summed E-state index contributed by atoms with van der Waals surface area (Å²) in [6.07, 6.45) is -1.23. The second-order valence-corrected chi connectivity index (χ2v) is 2.95. The van der Waals surface area contributed by atoms with Gasteiger partial charge < -0.3 is 20.4 Å². The van der Waals surface area contributed by atoms with Crippen LogP contribution >= 0.6 is 0 Å². The van der Waals surface area contributed by atoms with Gasteiger partial charge in [-0.15, -0.1) is 0 Å². The molecule has 74 valence electrons. The fraction of sp³-hybridized carbons (Fsp3) is 1.00. The molecule has 3 atom stereocenters. The molecule has 0 aliphatic heterocycles. The number of hydrogen-bond acceptors (Lipinski definition) is 4. The normalized spacial score (nSPS) is 18.8. The first-order valence-electron chi connectivity index (χ1n) is 4.28. The summed E-state index contributed by atoms with van der Waals surface area (Å²) in [5.74, 6) is 0. The van der Waals surface area contributed by atoms with Crippen molar-refractivity contribution in [1.82, 2.24) is 0 Å². The summed E-state index contributed by atoms with van der Waals surface area (Å²) in [6.45, 7) is 1.45. The lowest BCUT2D eigenvalue weighted by atomic mass is 10.0. The Morgan fingerprint density at radius 1 is 1.08 bits per heavy atom. The second-order valence-electron chi connectivity index (χ2n) is 2.95. The number of aliphatic hydroxyl groups excluding tert-OH is 4. The quantitative estimate of drug-likeness (QED) is 0.431. The highest BCUT2D eigenvalue weighted by molar-refractivity contribution is 4.74. The molecule has 4 N–H and O–H groups in total. The summed E-state index contributed by atoms with van der Waals surface area (Å²) in [5.41, 5.74) is 0. The van der Waals surface area contributed by atoms with Crippen LogP contribution in [0, 0.1) is 0 Å². The Labute approximate surface area is 72.5 Å². The molecule has 0 radical (unpaired) electrons. The first kappa shape index (κ1) is 11.8. The van der Waals surface area contributed by atoms with E-state index in [-0.39, 0.29) is 0 Å². The van der Waals surface area contributed by atoms with Gasteiger partial charge in [0.05, 0.1) is 12.7 Å². The molecule has 0 aromatic rings. The molecular weight excluding hydrogens is 160 g/mol. The molecule has 0 aliphatic carbocycles. The third-order valence-corrected chi connectivity index (χ3v) is 1.83. The molecule has 0 saturated carbocycles. The predicted octanol–water partition coefficient (Wildman–Crippen LogP) is -0.748. The molecular formula is C8H18O4. The summed E-state index contributed by atoms with van der Waals surface area (Å²) < 4.78 is 0. The minimum atomic E-state index is -1.24. The van der Waals surface area contributed by atoms with Crippen LogP contribution in [0.4, 0.5) is 0 Å². The lowest BCUT2D eigenvalue weighted by molar-refractivity contribution is -0.0786. The maximum absolute atomic E-state index is 9.23. The third-order valence-electron chi connectivity index (χ3n) is 1.83. The fourth-order valence-electron chi connectivity index (χ4n) is 0.948. The first-order chi connectivity index (χ1) is 5.63. The van der Waals surface area contributed by atoms with Gasteiger partial charge in [-0.2, -0.15) is 0 Å². The lowest BCUT2D eigenvalue weighted by Crippen LogP contribution is -2.39. The van der Waals surface area contributed by atoms with Gasteiger partial charge in [0, 0.05) is 0 Å². The Bertz CT molecular complexity index is 107. The highest BCUT2D eigenvalue weighted by Crippen LogP contribution is 2.07. The molecule has 0 aromatic carbocycles. The topological polar surface area (TPSA) is 80.9 Å². The van der Waals surface area contributed by atoms with E-state index >= 15 is 0 Å². The highest BCUT2D eigenvalue weighted by atomic mass is 16.4. The van der Waals surface area contributed by atoms with Crippen molar-refractivity contribution in [3.63, 3.8) is 0 Å². The van der Waals surface area contributed by atoms with E-state index < -0.39 is 24.9 Å². The summed E-state index contributed by atoms with van der Waals surface area (Å²) in [7, 11) is 0. The van der Waals surface area contributed by atoms with E-state index in [4.69, 9.17) is 15.3 Å². The molecule has 0 aromatic heterocycles. The minimum Gasteiger partial charge on any atom is -0.394 e. The van der Waals surface area contributed by atoms with Gasteiger partial charge in [-0.25, -0.2) is 0 Å². The summed E-state index contributed by atoms with van der Waals surface area (Å²) >= 11 is 0. The molecule has 4 nitrogen and oxygen atoms in total. The Morgan fingerprint density at radius 2 is 1.67 bits per heavy atom. The summed E-state index contributed by atoms with van der Waals surface area (Å²) in [6, 6.07) is 0. The van der Waals surface area contributed by atoms with E-state index in [2.05, 4.69) is 0 Å². The molecule has 0 bridgehead atoms. The smallest absolute Gasteiger partial charge is 0.108 e. The SMILES string of the molecule is CCCC[C@H](O)[C@H](O)[C@H](O)CO. The van der Waals surface area contributed by atoms with E-state index in [9.17, 15) is 5.11 Å². The number of unbranched alkanes of at least 4 members (excludes halogenated alkanes) is 1. The number of hydrogen-bond donors (Lipinski definition) is 4. The van der Waals surface area contributed by atoms with Crippen molar-refractivity contribution in [2.24, 2.45) is 0 Å². The Kier molecular flexibility index (Phi) is 6.28. The molecule has 0 heterocycles. The minimum absolute atomic E-state index is 0.453. The van der Waals surface area contributed by atoms with E-state index in [1.54, 1.807) is 0 Å². The largest absolute Gasteiger partial charge is 0.394 e. The molecule has 0 spiro atoms. The molecule has 0 unspecified atom stereocenters. The van der Waals surface area contributed by atoms with Crippen LogP contribution in [0.25, 0.3) is 0 Å². The second kappa shape index (κ2) is 6.37. The van der Waals surface area contributed by atoms with Crippen LogP contribution in [0.5, 0.6) is 0 Å². The third kappa shape index (κ3) is 4.01. The predicted molar refractivity (Wildman–Crippen MR) is 44.6 cm³/mol. The van der Waals surface area contributed by atoms with E-state index in [1.165, 1.54) is 0 Å².